The summed E-state index contributed by atoms with van der Waals surface area (Å²) in [5, 5.41) is 0. The number of halogens is 1. The molecule has 0 aliphatic carbocycles. The molecule has 12 heavy (non-hydrogen) atoms. The van der Waals surface area contributed by atoms with E-state index in [1.165, 1.54) is 5.56 Å². The molecule has 1 radical (unpaired) electrons. The molecule has 0 aliphatic heterocycles. The van der Waals surface area contributed by atoms with Crippen LogP contribution in [0.25, 0.3) is 6.08 Å². The quantitative estimate of drug-likeness (QED) is 0.624. The van der Waals surface area contributed by atoms with Crippen molar-refractivity contribution < 1.29 is 0 Å². The van der Waals surface area contributed by atoms with Gasteiger partial charge in [-0.05, 0) is 17.0 Å². The first-order valence-corrected chi connectivity index (χ1v) is 4.52. The van der Waals surface area contributed by atoms with Crippen LogP contribution in [0.15, 0.2) is 24.3 Å². The van der Waals surface area contributed by atoms with Crippen molar-refractivity contribution >= 4 is 17.7 Å². The molecule has 0 bridgehead atoms. The van der Waals surface area contributed by atoms with E-state index in [1.54, 1.807) is 6.08 Å². The van der Waals surface area contributed by atoms with Gasteiger partial charge < -0.3 is 0 Å². The largest absolute Gasteiger partial charge is 0.126 e. The number of benzene rings is 1. The molecular weight excluding hydrogens is 168 g/mol. The van der Waals surface area contributed by atoms with E-state index in [4.69, 9.17) is 18.2 Å². The molecule has 0 spiro atoms. The summed E-state index contributed by atoms with van der Waals surface area (Å²) in [7, 11) is 0. The molecule has 0 fully saturated rings. The molecule has 1 heteroatoms. The Labute approximate surface area is 78.9 Å². The van der Waals surface area contributed by atoms with Crippen LogP contribution < -0.4 is 0 Å². The third-order valence-corrected chi connectivity index (χ3v) is 2.39. The fourth-order valence-corrected chi connectivity index (χ4v) is 1.20. The zero-order valence-corrected chi connectivity index (χ0v) is 7.88. The maximum absolute atomic E-state index is 5.73. The summed E-state index contributed by atoms with van der Waals surface area (Å²) in [6.45, 7) is 7.46. The highest BCUT2D eigenvalue weighted by Gasteiger charge is 2.01. The fourth-order valence-electron chi connectivity index (χ4n) is 1.02. The van der Waals surface area contributed by atoms with Crippen molar-refractivity contribution in [3.63, 3.8) is 0 Å². The van der Waals surface area contributed by atoms with Crippen molar-refractivity contribution in [2.45, 2.75) is 12.8 Å². The van der Waals surface area contributed by atoms with Gasteiger partial charge in [0, 0.05) is 5.88 Å². The van der Waals surface area contributed by atoms with Gasteiger partial charge in [-0.25, -0.2) is 0 Å². The first kappa shape index (κ1) is 9.34. The highest BCUT2D eigenvalue weighted by molar-refractivity contribution is 6.18. The summed E-state index contributed by atoms with van der Waals surface area (Å²) in [6, 6.07) is 8.12. The van der Waals surface area contributed by atoms with Gasteiger partial charge in [-0.2, -0.15) is 0 Å². The Morgan fingerprint density at radius 2 is 2.00 bits per heavy atom. The van der Waals surface area contributed by atoms with E-state index < -0.39 is 0 Å². The molecule has 1 rings (SSSR count). The van der Waals surface area contributed by atoms with E-state index in [1.807, 2.05) is 12.1 Å². The molecule has 0 amide bonds. The highest BCUT2D eigenvalue weighted by Crippen LogP contribution is 2.17. The van der Waals surface area contributed by atoms with Gasteiger partial charge in [0.1, 0.15) is 0 Å². The normalized spacial score (nSPS) is 12.5. The molecule has 1 unspecified atom stereocenters. The minimum Gasteiger partial charge on any atom is -0.126 e. The topological polar surface area (TPSA) is 0 Å². The van der Waals surface area contributed by atoms with Crippen LogP contribution in [0.1, 0.15) is 24.0 Å². The van der Waals surface area contributed by atoms with Gasteiger partial charge in [0.2, 0.25) is 0 Å². The van der Waals surface area contributed by atoms with Crippen LogP contribution in [0.3, 0.4) is 0 Å². The zero-order chi connectivity index (χ0) is 8.97. The summed E-state index contributed by atoms with van der Waals surface area (Å²) >= 11 is 5.73. The number of alkyl halides is 1. The Morgan fingerprint density at radius 3 is 2.42 bits per heavy atom. The molecule has 0 heterocycles. The van der Waals surface area contributed by atoms with Crippen LogP contribution in [0.2, 0.25) is 0 Å². The predicted octanol–water partition coefficient (Wildman–Crippen LogP) is 3.48. The van der Waals surface area contributed by atoms with E-state index in [-0.39, 0.29) is 0 Å². The van der Waals surface area contributed by atoms with Crippen molar-refractivity contribution in [1.29, 1.82) is 0 Å². The maximum Gasteiger partial charge on any atom is 0.0289 e. The monoisotopic (exact) mass is 179 g/mol. The summed E-state index contributed by atoms with van der Waals surface area (Å²) in [5.41, 5.74) is 2.30. The van der Waals surface area contributed by atoms with E-state index in [0.29, 0.717) is 11.8 Å². The van der Waals surface area contributed by atoms with Gasteiger partial charge in [-0.1, -0.05) is 43.8 Å². The lowest BCUT2D eigenvalue weighted by Gasteiger charge is -2.07. The summed E-state index contributed by atoms with van der Waals surface area (Å²) in [6.07, 6.45) is 1.59. The van der Waals surface area contributed by atoms with Crippen LogP contribution in [-0.4, -0.2) is 5.88 Å². The lowest BCUT2D eigenvalue weighted by atomic mass is 10.0. The van der Waals surface area contributed by atoms with Gasteiger partial charge in [0.15, 0.2) is 0 Å². The fraction of sp³-hybridized carbons (Fsp3) is 0.273. The number of hydrogen-bond donors (Lipinski definition) is 0. The van der Waals surface area contributed by atoms with Gasteiger partial charge in [-0.3, -0.25) is 0 Å². The van der Waals surface area contributed by atoms with Crippen molar-refractivity contribution in [3.05, 3.63) is 42.0 Å². The SMILES string of the molecule is [CH]=Cc1ccc(C(C)CCl)cc1. The third kappa shape index (κ3) is 2.12. The Hall–Kier alpha value is -0.750. The van der Waals surface area contributed by atoms with Gasteiger partial charge in [0.25, 0.3) is 0 Å². The molecule has 0 saturated heterocycles. The Balaban J connectivity index is 2.84. The summed E-state index contributed by atoms with van der Waals surface area (Å²) in [5.74, 6) is 1.07. The second kappa shape index (κ2) is 4.32. The second-order valence-corrected chi connectivity index (χ2v) is 3.20. The number of hydrogen-bond acceptors (Lipinski definition) is 0. The second-order valence-electron chi connectivity index (χ2n) is 2.89. The van der Waals surface area contributed by atoms with Crippen LogP contribution >= 0.6 is 11.6 Å². The Bertz CT molecular complexity index is 248. The van der Waals surface area contributed by atoms with Crippen LogP contribution in [0.5, 0.6) is 0 Å². The predicted molar refractivity (Wildman–Crippen MR) is 54.3 cm³/mol. The molecular formula is C11H12Cl. The third-order valence-electron chi connectivity index (χ3n) is 1.93. The van der Waals surface area contributed by atoms with E-state index >= 15 is 0 Å². The molecule has 63 valence electrons. The summed E-state index contributed by atoms with van der Waals surface area (Å²) in [4.78, 5) is 0. The van der Waals surface area contributed by atoms with Crippen molar-refractivity contribution in [2.75, 3.05) is 5.88 Å². The van der Waals surface area contributed by atoms with E-state index in [2.05, 4.69) is 19.1 Å². The van der Waals surface area contributed by atoms with Crippen LogP contribution in [0, 0.1) is 6.58 Å². The first-order valence-electron chi connectivity index (χ1n) is 3.98. The maximum atomic E-state index is 5.73. The van der Waals surface area contributed by atoms with Crippen molar-refractivity contribution in [1.82, 2.24) is 0 Å². The standard InChI is InChI=1S/C11H12Cl/c1-3-10-4-6-11(7-5-10)9(2)8-12/h1,3-7,9H,8H2,2H3. The molecule has 1 aromatic rings. The van der Waals surface area contributed by atoms with Gasteiger partial charge >= 0.3 is 0 Å². The van der Waals surface area contributed by atoms with Crippen molar-refractivity contribution in [2.24, 2.45) is 0 Å². The minimum atomic E-state index is 0.415. The smallest absolute Gasteiger partial charge is 0.0289 e. The minimum absolute atomic E-state index is 0.415. The Kier molecular flexibility index (Phi) is 3.36. The molecule has 0 aromatic heterocycles. The highest BCUT2D eigenvalue weighted by atomic mass is 35.5. The van der Waals surface area contributed by atoms with Gasteiger partial charge in [0.05, 0.1) is 0 Å². The first-order chi connectivity index (χ1) is 5.77. The average molecular weight is 180 g/mol. The molecule has 0 saturated carbocycles. The van der Waals surface area contributed by atoms with E-state index in [0.717, 1.165) is 5.56 Å². The molecule has 0 nitrogen and oxygen atoms in total. The Morgan fingerprint density at radius 1 is 1.42 bits per heavy atom. The van der Waals surface area contributed by atoms with Gasteiger partial charge in [-0.15, -0.1) is 11.6 Å². The van der Waals surface area contributed by atoms with Crippen LogP contribution in [0.4, 0.5) is 0 Å². The lowest BCUT2D eigenvalue weighted by Crippen LogP contribution is -1.93. The average Bonchev–Trinajstić information content (AvgIpc) is 2.17. The molecule has 1 aromatic carbocycles. The molecule has 0 aliphatic rings. The molecule has 0 N–H and O–H groups in total. The number of rotatable bonds is 3. The van der Waals surface area contributed by atoms with Crippen molar-refractivity contribution in [3.8, 4) is 0 Å². The lowest BCUT2D eigenvalue weighted by molar-refractivity contribution is 0.875. The summed E-state index contributed by atoms with van der Waals surface area (Å²) < 4.78 is 0. The zero-order valence-electron chi connectivity index (χ0n) is 7.13. The van der Waals surface area contributed by atoms with E-state index in [9.17, 15) is 0 Å². The van der Waals surface area contributed by atoms with Crippen LogP contribution in [-0.2, 0) is 0 Å². The molecule has 1 atom stereocenters.